The van der Waals surface area contributed by atoms with Gasteiger partial charge in [0.15, 0.2) is 0 Å². The largest absolute Gasteiger partial charge is 0.398 e. The van der Waals surface area contributed by atoms with E-state index in [0.717, 1.165) is 11.4 Å². The topological polar surface area (TPSA) is 52.0 Å². The summed E-state index contributed by atoms with van der Waals surface area (Å²) in [5.74, 6) is 0.931. The third-order valence-electron chi connectivity index (χ3n) is 5.27. The van der Waals surface area contributed by atoms with Crippen molar-refractivity contribution in [2.75, 3.05) is 11.5 Å². The molecule has 140 valence electrons. The Bertz CT molecular complexity index is 853. The Labute approximate surface area is 163 Å². The Kier molecular flexibility index (Phi) is 5.55. The highest BCUT2D eigenvalue weighted by Crippen LogP contribution is 2.37. The van der Waals surface area contributed by atoms with Gasteiger partial charge in [0.05, 0.1) is 0 Å². The van der Waals surface area contributed by atoms with Gasteiger partial charge in [-0.25, -0.2) is 0 Å². The van der Waals surface area contributed by atoms with Crippen molar-refractivity contribution in [2.45, 2.75) is 45.4 Å². The van der Waals surface area contributed by atoms with E-state index in [1.165, 1.54) is 27.8 Å². The van der Waals surface area contributed by atoms with Crippen LogP contribution in [0.3, 0.4) is 0 Å². The second-order valence-corrected chi connectivity index (χ2v) is 7.93. The van der Waals surface area contributed by atoms with E-state index in [9.17, 15) is 0 Å². The number of benzene rings is 3. The second-order valence-electron chi connectivity index (χ2n) is 7.93. The Hall–Kier alpha value is -2.74. The van der Waals surface area contributed by atoms with Crippen molar-refractivity contribution in [3.63, 3.8) is 0 Å². The number of rotatable bonds is 5. The fourth-order valence-electron chi connectivity index (χ4n) is 3.77. The molecular weight excluding hydrogens is 328 g/mol. The van der Waals surface area contributed by atoms with E-state index in [0.29, 0.717) is 11.8 Å². The smallest absolute Gasteiger partial charge is 0.0349 e. The van der Waals surface area contributed by atoms with Gasteiger partial charge in [0.2, 0.25) is 0 Å². The van der Waals surface area contributed by atoms with Gasteiger partial charge in [0.1, 0.15) is 0 Å². The van der Waals surface area contributed by atoms with E-state index < -0.39 is 0 Å². The standard InChI is InChI=1S/C25H30N2/c1-16(2)21-14-19(10-12-23(21)26)25(18-8-6-5-7-9-18)20-11-13-24(27)22(15-20)17(3)4/h5-17,25H,26-27H2,1-4H3. The highest BCUT2D eigenvalue weighted by atomic mass is 14.6. The lowest BCUT2D eigenvalue weighted by Crippen LogP contribution is -2.07. The van der Waals surface area contributed by atoms with Gasteiger partial charge in [0, 0.05) is 17.3 Å². The monoisotopic (exact) mass is 358 g/mol. The Morgan fingerprint density at radius 1 is 0.556 bits per heavy atom. The van der Waals surface area contributed by atoms with E-state index in [4.69, 9.17) is 11.5 Å². The molecule has 3 aromatic carbocycles. The van der Waals surface area contributed by atoms with Gasteiger partial charge >= 0.3 is 0 Å². The van der Waals surface area contributed by atoms with E-state index >= 15 is 0 Å². The molecule has 0 unspecified atom stereocenters. The SMILES string of the molecule is CC(C)c1cc(C(c2ccccc2)c2ccc(N)c(C(C)C)c2)ccc1N. The molecule has 2 heteroatoms. The molecule has 0 aromatic heterocycles. The molecule has 3 aromatic rings. The summed E-state index contributed by atoms with van der Waals surface area (Å²) < 4.78 is 0. The summed E-state index contributed by atoms with van der Waals surface area (Å²) in [6.45, 7) is 8.75. The maximum absolute atomic E-state index is 6.24. The van der Waals surface area contributed by atoms with E-state index in [-0.39, 0.29) is 5.92 Å². The van der Waals surface area contributed by atoms with Crippen LogP contribution in [0.1, 0.15) is 73.3 Å². The second kappa shape index (κ2) is 7.87. The fraction of sp³-hybridized carbons (Fsp3) is 0.280. The first kappa shape index (κ1) is 19.0. The normalized spacial score (nSPS) is 11.5. The lowest BCUT2D eigenvalue weighted by molar-refractivity contribution is 0.853. The molecule has 0 saturated carbocycles. The van der Waals surface area contributed by atoms with E-state index in [1.54, 1.807) is 0 Å². The molecule has 0 aliphatic carbocycles. The summed E-state index contributed by atoms with van der Waals surface area (Å²) in [6, 6.07) is 23.6. The Morgan fingerprint density at radius 3 is 1.41 bits per heavy atom. The average molecular weight is 359 g/mol. The van der Waals surface area contributed by atoms with Crippen molar-refractivity contribution < 1.29 is 0 Å². The van der Waals surface area contributed by atoms with Crippen LogP contribution in [0.25, 0.3) is 0 Å². The highest BCUT2D eigenvalue weighted by molar-refractivity contribution is 5.57. The Morgan fingerprint density at radius 2 is 1.00 bits per heavy atom. The minimum absolute atomic E-state index is 0.155. The molecule has 0 spiro atoms. The summed E-state index contributed by atoms with van der Waals surface area (Å²) in [4.78, 5) is 0. The zero-order valence-corrected chi connectivity index (χ0v) is 16.7. The lowest BCUT2D eigenvalue weighted by Gasteiger charge is -2.23. The zero-order valence-electron chi connectivity index (χ0n) is 16.7. The summed E-state index contributed by atoms with van der Waals surface area (Å²) in [5, 5.41) is 0. The number of hydrogen-bond donors (Lipinski definition) is 2. The van der Waals surface area contributed by atoms with Crippen LogP contribution in [0, 0.1) is 0 Å². The maximum atomic E-state index is 6.24. The van der Waals surface area contributed by atoms with E-state index in [1.807, 2.05) is 12.1 Å². The molecule has 0 fully saturated rings. The molecule has 0 atom stereocenters. The van der Waals surface area contributed by atoms with Crippen molar-refractivity contribution in [1.82, 2.24) is 0 Å². The summed E-state index contributed by atoms with van der Waals surface area (Å²) in [5.41, 5.74) is 20.4. The lowest BCUT2D eigenvalue weighted by atomic mass is 9.82. The minimum atomic E-state index is 0.155. The van der Waals surface area contributed by atoms with E-state index in [2.05, 4.69) is 82.3 Å². The molecule has 0 bridgehead atoms. The molecule has 4 N–H and O–H groups in total. The highest BCUT2D eigenvalue weighted by Gasteiger charge is 2.20. The molecule has 0 radical (unpaired) electrons. The molecule has 0 amide bonds. The summed E-state index contributed by atoms with van der Waals surface area (Å²) in [6.07, 6.45) is 0. The number of anilines is 2. The quantitative estimate of drug-likeness (QED) is 0.416. The van der Waals surface area contributed by atoms with Crippen LogP contribution in [0.15, 0.2) is 66.7 Å². The van der Waals surface area contributed by atoms with Crippen molar-refractivity contribution in [3.05, 3.63) is 94.5 Å². The molecule has 27 heavy (non-hydrogen) atoms. The van der Waals surface area contributed by atoms with Crippen LogP contribution in [-0.4, -0.2) is 0 Å². The molecule has 3 rings (SSSR count). The Balaban J connectivity index is 2.20. The zero-order chi connectivity index (χ0) is 19.6. The van der Waals surface area contributed by atoms with Gasteiger partial charge in [0.25, 0.3) is 0 Å². The fourth-order valence-corrected chi connectivity index (χ4v) is 3.77. The van der Waals surface area contributed by atoms with Crippen LogP contribution in [0.5, 0.6) is 0 Å². The first-order valence-electron chi connectivity index (χ1n) is 9.72. The number of nitrogen functional groups attached to an aromatic ring is 2. The molecular formula is C25H30N2. The van der Waals surface area contributed by atoms with Crippen LogP contribution in [0.4, 0.5) is 11.4 Å². The van der Waals surface area contributed by atoms with Crippen LogP contribution >= 0.6 is 0 Å². The van der Waals surface area contributed by atoms with Gasteiger partial charge < -0.3 is 11.5 Å². The third-order valence-corrected chi connectivity index (χ3v) is 5.27. The van der Waals surface area contributed by atoms with Gasteiger partial charge in [-0.1, -0.05) is 82.3 Å². The van der Waals surface area contributed by atoms with Gasteiger partial charge in [-0.15, -0.1) is 0 Å². The third kappa shape index (κ3) is 4.00. The van der Waals surface area contributed by atoms with Crippen molar-refractivity contribution in [1.29, 1.82) is 0 Å². The maximum Gasteiger partial charge on any atom is 0.0349 e. The first-order chi connectivity index (χ1) is 12.9. The number of nitrogens with two attached hydrogens (primary N) is 2. The van der Waals surface area contributed by atoms with Gasteiger partial charge in [-0.2, -0.15) is 0 Å². The average Bonchev–Trinajstić information content (AvgIpc) is 2.65. The van der Waals surface area contributed by atoms with Crippen LogP contribution in [-0.2, 0) is 0 Å². The van der Waals surface area contributed by atoms with Crippen molar-refractivity contribution >= 4 is 11.4 Å². The molecule has 0 saturated heterocycles. The predicted octanol–water partition coefficient (Wildman–Crippen LogP) is 6.28. The van der Waals surface area contributed by atoms with Gasteiger partial charge in [-0.3, -0.25) is 0 Å². The molecule has 0 aliphatic heterocycles. The summed E-state index contributed by atoms with van der Waals surface area (Å²) >= 11 is 0. The summed E-state index contributed by atoms with van der Waals surface area (Å²) in [7, 11) is 0. The molecule has 2 nitrogen and oxygen atoms in total. The molecule has 0 heterocycles. The van der Waals surface area contributed by atoms with Crippen LogP contribution in [0.2, 0.25) is 0 Å². The molecule has 0 aliphatic rings. The minimum Gasteiger partial charge on any atom is -0.398 e. The van der Waals surface area contributed by atoms with Crippen molar-refractivity contribution in [2.24, 2.45) is 0 Å². The first-order valence-corrected chi connectivity index (χ1v) is 9.72. The van der Waals surface area contributed by atoms with Gasteiger partial charge in [-0.05, 0) is 51.8 Å². The number of hydrogen-bond acceptors (Lipinski definition) is 2. The van der Waals surface area contributed by atoms with Crippen LogP contribution < -0.4 is 11.5 Å². The van der Waals surface area contributed by atoms with Crippen molar-refractivity contribution in [3.8, 4) is 0 Å². The predicted molar refractivity (Wildman–Crippen MR) is 117 cm³/mol.